The maximum absolute atomic E-state index is 12.2. The molecule has 0 radical (unpaired) electrons. The van der Waals surface area contributed by atoms with Crippen LogP contribution in [0.25, 0.3) is 11.5 Å². The topological polar surface area (TPSA) is 83.0 Å². The highest BCUT2D eigenvalue weighted by Crippen LogP contribution is 2.29. The maximum Gasteiger partial charge on any atom is 0.257 e. The molecular weight excluding hydrogens is 336 g/mol. The Balaban J connectivity index is 1.48. The Kier molecular flexibility index (Phi) is 4.04. The number of nitrogens with zero attached hydrogens (tertiary/aromatic N) is 4. The van der Waals surface area contributed by atoms with Crippen LogP contribution in [-0.4, -0.2) is 27.5 Å². The lowest BCUT2D eigenvalue weighted by molar-refractivity contribution is -0.128. The minimum absolute atomic E-state index is 0.0525. The first kappa shape index (κ1) is 15.5. The molecule has 6 nitrogen and oxygen atoms in total. The summed E-state index contributed by atoms with van der Waals surface area (Å²) in [7, 11) is 0. The first-order chi connectivity index (χ1) is 12.2. The van der Waals surface area contributed by atoms with Crippen LogP contribution in [0.3, 0.4) is 0 Å². The van der Waals surface area contributed by atoms with Crippen molar-refractivity contribution in [1.29, 1.82) is 5.26 Å². The summed E-state index contributed by atoms with van der Waals surface area (Å²) in [6, 6.07) is 13.1. The molecule has 1 saturated heterocycles. The smallest absolute Gasteiger partial charge is 0.257 e. The van der Waals surface area contributed by atoms with E-state index < -0.39 is 0 Å². The van der Waals surface area contributed by atoms with E-state index in [1.807, 2.05) is 22.4 Å². The molecule has 1 aliphatic heterocycles. The molecule has 0 unspecified atom stereocenters. The van der Waals surface area contributed by atoms with Crippen molar-refractivity contribution in [3.05, 3.63) is 58.0 Å². The van der Waals surface area contributed by atoms with Gasteiger partial charge in [0.05, 0.1) is 18.2 Å². The van der Waals surface area contributed by atoms with Crippen LogP contribution in [0.1, 0.15) is 28.6 Å². The fourth-order valence-corrected chi connectivity index (χ4v) is 3.61. The third kappa shape index (κ3) is 3.16. The van der Waals surface area contributed by atoms with Crippen LogP contribution in [0.2, 0.25) is 0 Å². The van der Waals surface area contributed by atoms with Gasteiger partial charge >= 0.3 is 0 Å². The minimum atomic E-state index is -0.0525. The van der Waals surface area contributed by atoms with E-state index in [1.54, 1.807) is 35.6 Å². The second-order valence-corrected chi connectivity index (χ2v) is 6.93. The number of nitriles is 1. The normalized spacial score (nSPS) is 17.0. The lowest BCUT2D eigenvalue weighted by Crippen LogP contribution is -2.23. The van der Waals surface area contributed by atoms with Gasteiger partial charge in [-0.25, -0.2) is 0 Å². The molecule has 3 aromatic rings. The molecule has 7 heteroatoms. The van der Waals surface area contributed by atoms with Crippen LogP contribution in [0.15, 0.2) is 46.3 Å². The van der Waals surface area contributed by atoms with Gasteiger partial charge in [-0.1, -0.05) is 11.2 Å². The van der Waals surface area contributed by atoms with Gasteiger partial charge in [0.1, 0.15) is 0 Å². The Labute approximate surface area is 148 Å². The van der Waals surface area contributed by atoms with Gasteiger partial charge in [-0.3, -0.25) is 4.79 Å². The molecule has 0 saturated carbocycles. The standard InChI is InChI=1S/C18H14N4O2S/c19-9-12-3-5-13(6-4-12)18-20-17(21-24-18)14-8-16(23)22(10-14)11-15-2-1-7-25-15/h1-7,14H,8,10-11H2/t14-/m0/s1. The predicted octanol–water partition coefficient (Wildman–Crippen LogP) is 3.19. The van der Waals surface area contributed by atoms with E-state index in [0.29, 0.717) is 36.8 Å². The Morgan fingerprint density at radius 1 is 1.32 bits per heavy atom. The van der Waals surface area contributed by atoms with Crippen molar-refractivity contribution in [3.8, 4) is 17.5 Å². The molecule has 1 aliphatic rings. The van der Waals surface area contributed by atoms with E-state index >= 15 is 0 Å². The number of aromatic nitrogens is 2. The zero-order valence-electron chi connectivity index (χ0n) is 13.3. The monoisotopic (exact) mass is 350 g/mol. The Bertz CT molecular complexity index is 925. The molecule has 1 fully saturated rings. The average Bonchev–Trinajstić information content (AvgIpc) is 3.37. The summed E-state index contributed by atoms with van der Waals surface area (Å²) >= 11 is 1.65. The van der Waals surface area contributed by atoms with Crippen molar-refractivity contribution in [2.24, 2.45) is 0 Å². The highest BCUT2D eigenvalue weighted by Gasteiger charge is 2.33. The predicted molar refractivity (Wildman–Crippen MR) is 91.5 cm³/mol. The quantitative estimate of drug-likeness (QED) is 0.721. The van der Waals surface area contributed by atoms with Crippen LogP contribution >= 0.6 is 11.3 Å². The van der Waals surface area contributed by atoms with E-state index in [2.05, 4.69) is 16.2 Å². The lowest BCUT2D eigenvalue weighted by Gasteiger charge is -2.14. The van der Waals surface area contributed by atoms with E-state index in [-0.39, 0.29) is 11.8 Å². The fraction of sp³-hybridized carbons (Fsp3) is 0.222. The summed E-state index contributed by atoms with van der Waals surface area (Å²) in [6.45, 7) is 1.23. The zero-order chi connectivity index (χ0) is 17.2. The molecule has 0 aliphatic carbocycles. The molecule has 1 amide bonds. The zero-order valence-corrected chi connectivity index (χ0v) is 14.1. The van der Waals surface area contributed by atoms with Gasteiger partial charge in [0, 0.05) is 29.3 Å². The van der Waals surface area contributed by atoms with Gasteiger partial charge in [-0.05, 0) is 35.7 Å². The number of carbonyl (C=O) groups excluding carboxylic acids is 1. The summed E-state index contributed by atoms with van der Waals surface area (Å²) < 4.78 is 5.34. The molecular formula is C18H14N4O2S. The number of amides is 1. The third-order valence-electron chi connectivity index (χ3n) is 4.21. The van der Waals surface area contributed by atoms with Crippen LogP contribution < -0.4 is 0 Å². The van der Waals surface area contributed by atoms with Crippen LogP contribution in [0.4, 0.5) is 0 Å². The summed E-state index contributed by atoms with van der Waals surface area (Å²) in [4.78, 5) is 19.7. The molecule has 0 spiro atoms. The largest absolute Gasteiger partial charge is 0.337 e. The van der Waals surface area contributed by atoms with Gasteiger partial charge in [-0.15, -0.1) is 11.3 Å². The lowest BCUT2D eigenvalue weighted by atomic mass is 10.1. The van der Waals surface area contributed by atoms with Gasteiger partial charge in [0.15, 0.2) is 5.82 Å². The number of thiophene rings is 1. The van der Waals surface area contributed by atoms with E-state index in [0.717, 1.165) is 5.56 Å². The van der Waals surface area contributed by atoms with Crippen LogP contribution in [0, 0.1) is 11.3 Å². The van der Waals surface area contributed by atoms with Crippen molar-refractivity contribution in [1.82, 2.24) is 15.0 Å². The first-order valence-corrected chi connectivity index (χ1v) is 8.75. The average molecular weight is 350 g/mol. The molecule has 0 N–H and O–H groups in total. The Morgan fingerprint density at radius 2 is 2.16 bits per heavy atom. The number of benzene rings is 1. The van der Waals surface area contributed by atoms with E-state index in [1.165, 1.54) is 4.88 Å². The molecule has 2 aromatic heterocycles. The van der Waals surface area contributed by atoms with Crippen molar-refractivity contribution >= 4 is 17.2 Å². The van der Waals surface area contributed by atoms with Gasteiger partial charge in [0.25, 0.3) is 5.89 Å². The second kappa shape index (κ2) is 6.49. The summed E-state index contributed by atoms with van der Waals surface area (Å²) in [5, 5.41) is 14.9. The number of rotatable bonds is 4. The number of hydrogen-bond donors (Lipinski definition) is 0. The van der Waals surface area contributed by atoms with Crippen molar-refractivity contribution < 1.29 is 9.32 Å². The fourth-order valence-electron chi connectivity index (χ4n) is 2.89. The van der Waals surface area contributed by atoms with Crippen LogP contribution in [0.5, 0.6) is 0 Å². The van der Waals surface area contributed by atoms with Gasteiger partial charge in [-0.2, -0.15) is 10.2 Å². The third-order valence-corrected chi connectivity index (χ3v) is 5.07. The van der Waals surface area contributed by atoms with Gasteiger partial charge < -0.3 is 9.42 Å². The Hall–Kier alpha value is -2.98. The molecule has 1 atom stereocenters. The van der Waals surface area contributed by atoms with Crippen LogP contribution in [-0.2, 0) is 11.3 Å². The molecule has 0 bridgehead atoms. The van der Waals surface area contributed by atoms with Crippen molar-refractivity contribution in [3.63, 3.8) is 0 Å². The minimum Gasteiger partial charge on any atom is -0.337 e. The SMILES string of the molecule is N#Cc1ccc(-c2nc([C@H]3CC(=O)N(Cc4cccs4)C3)no2)cc1. The Morgan fingerprint density at radius 3 is 2.88 bits per heavy atom. The number of carbonyl (C=O) groups is 1. The highest BCUT2D eigenvalue weighted by atomic mass is 32.1. The highest BCUT2D eigenvalue weighted by molar-refractivity contribution is 7.09. The van der Waals surface area contributed by atoms with E-state index in [4.69, 9.17) is 9.78 Å². The summed E-state index contributed by atoms with van der Waals surface area (Å²) in [6.07, 6.45) is 0.401. The molecule has 3 heterocycles. The first-order valence-electron chi connectivity index (χ1n) is 7.87. The summed E-state index contributed by atoms with van der Waals surface area (Å²) in [5.41, 5.74) is 1.34. The van der Waals surface area contributed by atoms with Crippen molar-refractivity contribution in [2.45, 2.75) is 18.9 Å². The van der Waals surface area contributed by atoms with Crippen molar-refractivity contribution in [2.75, 3.05) is 6.54 Å². The van der Waals surface area contributed by atoms with E-state index in [9.17, 15) is 4.79 Å². The number of hydrogen-bond acceptors (Lipinski definition) is 6. The molecule has 124 valence electrons. The summed E-state index contributed by atoms with van der Waals surface area (Å²) in [5.74, 6) is 1.02. The maximum atomic E-state index is 12.2. The van der Waals surface area contributed by atoms with Gasteiger partial charge in [0.2, 0.25) is 5.91 Å². The number of likely N-dealkylation sites (tertiary alicyclic amines) is 1. The molecule has 1 aromatic carbocycles. The molecule has 25 heavy (non-hydrogen) atoms. The molecule has 4 rings (SSSR count). The second-order valence-electron chi connectivity index (χ2n) is 5.90.